The summed E-state index contributed by atoms with van der Waals surface area (Å²) in [6.07, 6.45) is 3.90. The Hall–Kier alpha value is -2.52. The molecule has 2 heterocycles. The quantitative estimate of drug-likeness (QED) is 0.443. The van der Waals surface area contributed by atoms with Crippen molar-refractivity contribution >= 4 is 21.8 Å². The first-order valence-corrected chi connectivity index (χ1v) is 6.42. The molecule has 0 unspecified atom stereocenters. The monoisotopic (exact) mass is 266 g/mol. The van der Waals surface area contributed by atoms with Crippen LogP contribution < -0.4 is 0 Å². The average molecular weight is 266 g/mol. The largest absolute Gasteiger partial charge is 0.400 e. The molecule has 0 radical (unpaired) electrons. The van der Waals surface area contributed by atoms with Gasteiger partial charge in [-0.1, -0.05) is 36.4 Å². The topological polar surface area (TPSA) is 51.8 Å². The van der Waals surface area contributed by atoms with Crippen molar-refractivity contribution in [3.63, 3.8) is 0 Å². The van der Waals surface area contributed by atoms with Crippen LogP contribution in [0.15, 0.2) is 73.1 Å². The molecular weight excluding hydrogens is 248 g/mol. The van der Waals surface area contributed by atoms with Crippen LogP contribution in [0.5, 0.6) is 0 Å². The number of hydrogen-bond donors (Lipinski definition) is 3. The van der Waals surface area contributed by atoms with E-state index in [0.717, 1.165) is 7.11 Å². The number of aliphatic hydroxyl groups excluding tert-OH is 1. The van der Waals surface area contributed by atoms with E-state index < -0.39 is 0 Å². The van der Waals surface area contributed by atoms with E-state index in [-0.39, 0.29) is 0 Å². The lowest BCUT2D eigenvalue weighted by Crippen LogP contribution is -1.61. The molecule has 0 spiro atoms. The Morgan fingerprint density at radius 1 is 0.600 bits per heavy atom. The molecule has 0 aliphatic carbocycles. The molecule has 0 fully saturated rings. The summed E-state index contributed by atoms with van der Waals surface area (Å²) in [5.74, 6) is 0. The molecule has 0 aliphatic rings. The van der Waals surface area contributed by atoms with E-state index in [2.05, 4.69) is 46.4 Å². The van der Waals surface area contributed by atoms with Gasteiger partial charge < -0.3 is 15.1 Å². The molecule has 3 heteroatoms. The second-order valence-electron chi connectivity index (χ2n) is 4.13. The number of aromatic amines is 2. The van der Waals surface area contributed by atoms with Crippen LogP contribution in [0.4, 0.5) is 0 Å². The van der Waals surface area contributed by atoms with Crippen LogP contribution in [-0.4, -0.2) is 22.2 Å². The molecule has 4 rings (SSSR count). The van der Waals surface area contributed by atoms with Crippen molar-refractivity contribution in [1.29, 1.82) is 0 Å². The molecule has 3 N–H and O–H groups in total. The lowest BCUT2D eigenvalue weighted by molar-refractivity contribution is 0.399. The summed E-state index contributed by atoms with van der Waals surface area (Å²) in [5.41, 5.74) is 2.41. The van der Waals surface area contributed by atoms with Gasteiger partial charge in [-0.05, 0) is 35.0 Å². The number of H-pyrrole nitrogens is 2. The van der Waals surface area contributed by atoms with Crippen LogP contribution in [0.2, 0.25) is 0 Å². The van der Waals surface area contributed by atoms with Crippen molar-refractivity contribution in [3.05, 3.63) is 73.1 Å². The standard InChI is InChI=1S/2C8H7N.CH4O/c2*1-2-4-8-7(3-1)5-6-9-8;1-2/h2*1-6,9H;2H,1H3. The number of para-hydroxylation sites is 2. The van der Waals surface area contributed by atoms with Crippen LogP contribution in [0.3, 0.4) is 0 Å². The Morgan fingerprint density at radius 2 is 1.00 bits per heavy atom. The lowest BCUT2D eigenvalue weighted by Gasteiger charge is -1.83. The summed E-state index contributed by atoms with van der Waals surface area (Å²) in [5, 5.41) is 9.55. The van der Waals surface area contributed by atoms with Crippen LogP contribution in [0.1, 0.15) is 0 Å². The van der Waals surface area contributed by atoms with Gasteiger partial charge in [0.25, 0.3) is 0 Å². The summed E-state index contributed by atoms with van der Waals surface area (Å²) in [7, 11) is 1.00. The number of fused-ring (bicyclic) bond motifs is 2. The SMILES string of the molecule is CO.c1ccc2[nH]ccc2c1.c1ccc2[nH]ccc2c1. The highest BCUT2D eigenvalue weighted by Gasteiger charge is 1.87. The average Bonchev–Trinajstić information content (AvgIpc) is 3.18. The molecule has 102 valence electrons. The first-order chi connectivity index (χ1) is 9.93. The van der Waals surface area contributed by atoms with E-state index >= 15 is 0 Å². The molecule has 0 saturated carbocycles. The van der Waals surface area contributed by atoms with Gasteiger partial charge in [0.1, 0.15) is 0 Å². The van der Waals surface area contributed by atoms with Gasteiger partial charge in [0, 0.05) is 30.5 Å². The third-order valence-corrected chi connectivity index (χ3v) is 2.93. The molecular formula is C17H18N2O. The minimum Gasteiger partial charge on any atom is -0.400 e. The summed E-state index contributed by atoms with van der Waals surface area (Å²) < 4.78 is 0. The Bertz CT molecular complexity index is 629. The van der Waals surface area contributed by atoms with Crippen molar-refractivity contribution in [2.45, 2.75) is 0 Å². The summed E-state index contributed by atoms with van der Waals surface area (Å²) >= 11 is 0. The van der Waals surface area contributed by atoms with Gasteiger partial charge in [0.15, 0.2) is 0 Å². The van der Waals surface area contributed by atoms with Gasteiger partial charge in [-0.3, -0.25) is 0 Å². The van der Waals surface area contributed by atoms with E-state index in [1.807, 2.05) is 36.7 Å². The third-order valence-electron chi connectivity index (χ3n) is 2.93. The fraction of sp³-hybridized carbons (Fsp3) is 0.0588. The molecule has 0 amide bonds. The van der Waals surface area contributed by atoms with Crippen molar-refractivity contribution in [2.75, 3.05) is 7.11 Å². The summed E-state index contributed by atoms with van der Waals surface area (Å²) in [4.78, 5) is 6.24. The van der Waals surface area contributed by atoms with Crippen LogP contribution >= 0.6 is 0 Å². The van der Waals surface area contributed by atoms with Gasteiger partial charge >= 0.3 is 0 Å². The molecule has 4 aromatic rings. The highest BCUT2D eigenvalue weighted by atomic mass is 16.2. The highest BCUT2D eigenvalue weighted by Crippen LogP contribution is 2.09. The number of benzene rings is 2. The second-order valence-corrected chi connectivity index (χ2v) is 4.13. The molecule has 0 atom stereocenters. The number of aliphatic hydroxyl groups is 1. The lowest BCUT2D eigenvalue weighted by atomic mass is 10.3. The fourth-order valence-electron chi connectivity index (χ4n) is 1.99. The smallest absolute Gasteiger partial charge is 0.0453 e. The van der Waals surface area contributed by atoms with Gasteiger partial charge in [-0.25, -0.2) is 0 Å². The molecule has 0 saturated heterocycles. The number of rotatable bonds is 0. The van der Waals surface area contributed by atoms with E-state index in [9.17, 15) is 0 Å². The Kier molecular flexibility index (Phi) is 4.98. The zero-order valence-corrected chi connectivity index (χ0v) is 11.4. The Morgan fingerprint density at radius 3 is 1.40 bits per heavy atom. The van der Waals surface area contributed by atoms with Crippen molar-refractivity contribution in [1.82, 2.24) is 9.97 Å². The molecule has 2 aromatic carbocycles. The normalized spacial score (nSPS) is 9.50. The Balaban J connectivity index is 0.000000131. The molecule has 20 heavy (non-hydrogen) atoms. The molecule has 2 aromatic heterocycles. The van der Waals surface area contributed by atoms with Gasteiger partial charge in [0.05, 0.1) is 0 Å². The minimum atomic E-state index is 1.00. The van der Waals surface area contributed by atoms with E-state index in [1.54, 1.807) is 0 Å². The first kappa shape index (κ1) is 13.9. The predicted molar refractivity (Wildman–Crippen MR) is 84.7 cm³/mol. The highest BCUT2D eigenvalue weighted by molar-refractivity contribution is 5.79. The number of hydrogen-bond acceptors (Lipinski definition) is 1. The van der Waals surface area contributed by atoms with Crippen LogP contribution in [0, 0.1) is 0 Å². The summed E-state index contributed by atoms with van der Waals surface area (Å²) in [6.45, 7) is 0. The second kappa shape index (κ2) is 7.16. The maximum absolute atomic E-state index is 7.00. The minimum absolute atomic E-state index is 1.00. The number of nitrogens with one attached hydrogen (secondary N) is 2. The third kappa shape index (κ3) is 3.28. The Labute approximate surface area is 117 Å². The van der Waals surface area contributed by atoms with Crippen molar-refractivity contribution in [3.8, 4) is 0 Å². The first-order valence-electron chi connectivity index (χ1n) is 6.42. The van der Waals surface area contributed by atoms with Gasteiger partial charge in [-0.15, -0.1) is 0 Å². The predicted octanol–water partition coefficient (Wildman–Crippen LogP) is 3.94. The molecule has 0 aliphatic heterocycles. The maximum atomic E-state index is 7.00. The summed E-state index contributed by atoms with van der Waals surface area (Å²) in [6, 6.07) is 20.6. The van der Waals surface area contributed by atoms with Crippen molar-refractivity contribution < 1.29 is 5.11 Å². The zero-order valence-electron chi connectivity index (χ0n) is 11.4. The van der Waals surface area contributed by atoms with Crippen molar-refractivity contribution in [2.24, 2.45) is 0 Å². The maximum Gasteiger partial charge on any atom is 0.0453 e. The van der Waals surface area contributed by atoms with Crippen LogP contribution in [0.25, 0.3) is 21.8 Å². The molecule has 3 nitrogen and oxygen atoms in total. The molecule has 0 bridgehead atoms. The van der Waals surface area contributed by atoms with Crippen LogP contribution in [-0.2, 0) is 0 Å². The van der Waals surface area contributed by atoms with E-state index in [0.29, 0.717) is 0 Å². The van der Waals surface area contributed by atoms with E-state index in [4.69, 9.17) is 5.11 Å². The van der Waals surface area contributed by atoms with Gasteiger partial charge in [-0.2, -0.15) is 0 Å². The zero-order chi connectivity index (χ0) is 14.2. The number of aromatic nitrogens is 2. The fourth-order valence-corrected chi connectivity index (χ4v) is 1.99. The van der Waals surface area contributed by atoms with Gasteiger partial charge in [0.2, 0.25) is 0 Å². The van der Waals surface area contributed by atoms with E-state index in [1.165, 1.54) is 21.8 Å².